The van der Waals surface area contributed by atoms with Gasteiger partial charge in [-0.2, -0.15) is 0 Å². The van der Waals surface area contributed by atoms with Crippen LogP contribution in [0.15, 0.2) is 22.7 Å². The first-order valence-corrected chi connectivity index (χ1v) is 6.35. The predicted octanol–water partition coefficient (Wildman–Crippen LogP) is 2.15. The number of ether oxygens (including phenoxy) is 1. The molecule has 92 valence electrons. The Labute approximate surface area is 109 Å². The number of benzene rings is 1. The second kappa shape index (κ2) is 5.40. The highest BCUT2D eigenvalue weighted by Gasteiger charge is 2.22. The summed E-state index contributed by atoms with van der Waals surface area (Å²) in [5.41, 5.74) is 0.892. The van der Waals surface area contributed by atoms with E-state index in [1.165, 1.54) is 0 Å². The maximum absolute atomic E-state index is 11.5. The molecule has 0 aromatic heterocycles. The third-order valence-corrected chi connectivity index (χ3v) is 3.17. The molecule has 4 nitrogen and oxygen atoms in total. The lowest BCUT2D eigenvalue weighted by Crippen LogP contribution is -2.31. The van der Waals surface area contributed by atoms with Crippen molar-refractivity contribution >= 4 is 27.5 Å². The Morgan fingerprint density at radius 1 is 1.53 bits per heavy atom. The average Bonchev–Trinajstić information content (AvgIpc) is 3.10. The van der Waals surface area contributed by atoms with Gasteiger partial charge in [-0.25, -0.2) is 0 Å². The van der Waals surface area contributed by atoms with Gasteiger partial charge in [0, 0.05) is 11.7 Å². The minimum Gasteiger partial charge on any atom is -0.496 e. The molecule has 1 aliphatic rings. The minimum atomic E-state index is 0.0411. The lowest BCUT2D eigenvalue weighted by atomic mass is 10.3. The van der Waals surface area contributed by atoms with Crippen molar-refractivity contribution in [2.75, 3.05) is 19.0 Å². The van der Waals surface area contributed by atoms with E-state index in [9.17, 15) is 4.79 Å². The number of halogens is 1. The first kappa shape index (κ1) is 12.2. The van der Waals surface area contributed by atoms with Crippen molar-refractivity contribution in [3.63, 3.8) is 0 Å². The summed E-state index contributed by atoms with van der Waals surface area (Å²) in [7, 11) is 1.62. The first-order chi connectivity index (χ1) is 8.19. The average molecular weight is 299 g/mol. The normalized spacial score (nSPS) is 14.2. The summed E-state index contributed by atoms with van der Waals surface area (Å²) in [5, 5.41) is 6.00. The summed E-state index contributed by atoms with van der Waals surface area (Å²) < 4.78 is 6.00. The topological polar surface area (TPSA) is 50.4 Å². The molecule has 1 aliphatic carbocycles. The van der Waals surface area contributed by atoms with Gasteiger partial charge in [0.15, 0.2) is 0 Å². The number of methoxy groups -OCH3 is 1. The molecule has 1 amide bonds. The molecule has 0 saturated heterocycles. The minimum absolute atomic E-state index is 0.0411. The number of hydrogen-bond acceptors (Lipinski definition) is 3. The van der Waals surface area contributed by atoms with Crippen molar-refractivity contribution in [3.05, 3.63) is 22.7 Å². The van der Waals surface area contributed by atoms with Gasteiger partial charge in [0.05, 0.1) is 18.1 Å². The molecule has 2 rings (SSSR count). The summed E-state index contributed by atoms with van der Waals surface area (Å²) in [6.45, 7) is 0.301. The predicted molar refractivity (Wildman–Crippen MR) is 70.3 cm³/mol. The molecule has 2 N–H and O–H groups in total. The van der Waals surface area contributed by atoms with E-state index in [2.05, 4.69) is 26.6 Å². The molecule has 0 spiro atoms. The molecular formula is C12H15BrN2O2. The Morgan fingerprint density at radius 2 is 2.29 bits per heavy atom. The molecule has 1 aromatic carbocycles. The van der Waals surface area contributed by atoms with Crippen molar-refractivity contribution in [1.82, 2.24) is 5.32 Å². The third kappa shape index (κ3) is 3.63. The van der Waals surface area contributed by atoms with Gasteiger partial charge < -0.3 is 15.4 Å². The number of anilines is 1. The molecule has 1 fully saturated rings. The molecule has 0 unspecified atom stereocenters. The van der Waals surface area contributed by atoms with Gasteiger partial charge in [-0.1, -0.05) is 0 Å². The zero-order chi connectivity index (χ0) is 12.3. The van der Waals surface area contributed by atoms with Crippen LogP contribution >= 0.6 is 15.9 Å². The van der Waals surface area contributed by atoms with E-state index in [4.69, 9.17) is 4.74 Å². The largest absolute Gasteiger partial charge is 0.496 e. The summed E-state index contributed by atoms with van der Waals surface area (Å²) in [5.74, 6) is 0.817. The van der Waals surface area contributed by atoms with E-state index in [0.717, 1.165) is 28.8 Å². The van der Waals surface area contributed by atoms with Crippen LogP contribution in [0.4, 0.5) is 5.69 Å². The molecule has 0 aliphatic heterocycles. The van der Waals surface area contributed by atoms with Crippen LogP contribution < -0.4 is 15.4 Å². The zero-order valence-electron chi connectivity index (χ0n) is 9.63. The van der Waals surface area contributed by atoms with Crippen LogP contribution in [0.2, 0.25) is 0 Å². The fourth-order valence-corrected chi connectivity index (χ4v) is 2.01. The van der Waals surface area contributed by atoms with Gasteiger partial charge in [0.1, 0.15) is 5.75 Å². The van der Waals surface area contributed by atoms with Crippen molar-refractivity contribution in [3.8, 4) is 5.75 Å². The number of hydrogen-bond donors (Lipinski definition) is 2. The van der Waals surface area contributed by atoms with E-state index in [1.807, 2.05) is 18.2 Å². The van der Waals surface area contributed by atoms with Gasteiger partial charge >= 0.3 is 0 Å². The van der Waals surface area contributed by atoms with Gasteiger partial charge in [-0.3, -0.25) is 4.79 Å². The highest BCUT2D eigenvalue weighted by molar-refractivity contribution is 9.10. The van der Waals surface area contributed by atoms with Crippen LogP contribution in [0, 0.1) is 0 Å². The Kier molecular flexibility index (Phi) is 3.89. The van der Waals surface area contributed by atoms with Gasteiger partial charge in [0.25, 0.3) is 0 Å². The van der Waals surface area contributed by atoms with Gasteiger partial charge in [-0.15, -0.1) is 0 Å². The molecule has 1 saturated carbocycles. The molecule has 0 atom stereocenters. The summed E-state index contributed by atoms with van der Waals surface area (Å²) in [6.07, 6.45) is 2.22. The second-order valence-electron chi connectivity index (χ2n) is 4.04. The highest BCUT2D eigenvalue weighted by Crippen LogP contribution is 2.27. The van der Waals surface area contributed by atoms with Crippen LogP contribution in [-0.2, 0) is 4.79 Å². The van der Waals surface area contributed by atoms with Crippen LogP contribution in [-0.4, -0.2) is 25.6 Å². The van der Waals surface area contributed by atoms with Crippen molar-refractivity contribution < 1.29 is 9.53 Å². The summed E-state index contributed by atoms with van der Waals surface area (Å²) in [6, 6.07) is 6.04. The smallest absolute Gasteiger partial charge is 0.239 e. The molecule has 17 heavy (non-hydrogen) atoms. The number of amides is 1. The molecule has 5 heteroatoms. The van der Waals surface area contributed by atoms with Crippen LogP contribution in [0.25, 0.3) is 0 Å². The Bertz CT molecular complexity index is 419. The second-order valence-corrected chi connectivity index (χ2v) is 4.90. The lowest BCUT2D eigenvalue weighted by molar-refractivity contribution is -0.119. The van der Waals surface area contributed by atoms with E-state index in [1.54, 1.807) is 7.11 Å². The molecule has 0 bridgehead atoms. The maximum Gasteiger partial charge on any atom is 0.239 e. The number of rotatable bonds is 5. The SMILES string of the molecule is COc1ccc(NCC(=O)NC2CC2)cc1Br. The summed E-state index contributed by atoms with van der Waals surface area (Å²) in [4.78, 5) is 11.5. The molecule has 1 aromatic rings. The van der Waals surface area contributed by atoms with Crippen LogP contribution in [0.1, 0.15) is 12.8 Å². The van der Waals surface area contributed by atoms with Crippen LogP contribution in [0.3, 0.4) is 0 Å². The number of nitrogens with one attached hydrogen (secondary N) is 2. The molecule has 0 heterocycles. The quantitative estimate of drug-likeness (QED) is 0.876. The van der Waals surface area contributed by atoms with Crippen molar-refractivity contribution in [2.45, 2.75) is 18.9 Å². The van der Waals surface area contributed by atoms with Gasteiger partial charge in [0.2, 0.25) is 5.91 Å². The fourth-order valence-electron chi connectivity index (χ4n) is 1.47. The highest BCUT2D eigenvalue weighted by atomic mass is 79.9. The van der Waals surface area contributed by atoms with Crippen molar-refractivity contribution in [1.29, 1.82) is 0 Å². The summed E-state index contributed by atoms with van der Waals surface area (Å²) >= 11 is 3.40. The maximum atomic E-state index is 11.5. The lowest BCUT2D eigenvalue weighted by Gasteiger charge is -2.09. The van der Waals surface area contributed by atoms with Crippen LogP contribution in [0.5, 0.6) is 5.75 Å². The van der Waals surface area contributed by atoms with E-state index < -0.39 is 0 Å². The van der Waals surface area contributed by atoms with E-state index in [0.29, 0.717) is 12.6 Å². The Hall–Kier alpha value is -1.23. The molecule has 0 radical (unpaired) electrons. The zero-order valence-corrected chi connectivity index (χ0v) is 11.2. The Morgan fingerprint density at radius 3 is 2.88 bits per heavy atom. The third-order valence-electron chi connectivity index (χ3n) is 2.55. The standard InChI is InChI=1S/C12H15BrN2O2/c1-17-11-5-4-9(6-10(11)13)14-7-12(16)15-8-2-3-8/h4-6,8,14H,2-3,7H2,1H3,(H,15,16). The fraction of sp³-hybridized carbons (Fsp3) is 0.417. The van der Waals surface area contributed by atoms with Gasteiger partial charge in [-0.05, 0) is 47.0 Å². The first-order valence-electron chi connectivity index (χ1n) is 5.56. The Balaban J connectivity index is 1.85. The monoisotopic (exact) mass is 298 g/mol. The number of carbonyl (C=O) groups is 1. The van der Waals surface area contributed by atoms with E-state index >= 15 is 0 Å². The number of carbonyl (C=O) groups excluding carboxylic acids is 1. The van der Waals surface area contributed by atoms with E-state index in [-0.39, 0.29) is 5.91 Å². The van der Waals surface area contributed by atoms with Crippen molar-refractivity contribution in [2.24, 2.45) is 0 Å². The molecular weight excluding hydrogens is 284 g/mol.